The van der Waals surface area contributed by atoms with Crippen LogP contribution in [-0.2, 0) is 11.3 Å². The zero-order valence-electron chi connectivity index (χ0n) is 17.5. The van der Waals surface area contributed by atoms with Crippen molar-refractivity contribution in [3.05, 3.63) is 34.1 Å². The maximum Gasteiger partial charge on any atom is 0.253 e. The number of nitrogens with one attached hydrogen (secondary N) is 2. The van der Waals surface area contributed by atoms with E-state index in [0.717, 1.165) is 36.8 Å². The van der Waals surface area contributed by atoms with Crippen LogP contribution in [0, 0.1) is 0 Å². The van der Waals surface area contributed by atoms with Crippen LogP contribution in [0.4, 0.5) is 0 Å². The Bertz CT molecular complexity index is 971. The summed E-state index contributed by atoms with van der Waals surface area (Å²) < 4.78 is 17.1. The van der Waals surface area contributed by atoms with E-state index in [1.54, 1.807) is 0 Å². The number of fused-ring (bicyclic) bond motifs is 2. The first-order valence-electron chi connectivity index (χ1n) is 10.7. The number of aromatic nitrogens is 1. The van der Waals surface area contributed by atoms with Gasteiger partial charge in [0.2, 0.25) is 0 Å². The molecule has 2 N–H and O–H groups in total. The Hall–Kier alpha value is -2.32. The van der Waals surface area contributed by atoms with E-state index in [9.17, 15) is 4.79 Å². The van der Waals surface area contributed by atoms with Gasteiger partial charge in [-0.05, 0) is 50.5 Å². The monoisotopic (exact) mass is 431 g/mol. The largest absolute Gasteiger partial charge is 0.486 e. The van der Waals surface area contributed by atoms with Gasteiger partial charge in [0.15, 0.2) is 16.6 Å². The van der Waals surface area contributed by atoms with E-state index in [0.29, 0.717) is 48.5 Å². The van der Waals surface area contributed by atoms with Crippen molar-refractivity contribution in [1.29, 1.82) is 0 Å². The quantitative estimate of drug-likeness (QED) is 0.681. The van der Waals surface area contributed by atoms with E-state index in [1.807, 2.05) is 23.1 Å². The van der Waals surface area contributed by atoms with Crippen LogP contribution in [0.2, 0.25) is 0 Å². The van der Waals surface area contributed by atoms with Crippen molar-refractivity contribution in [2.24, 2.45) is 0 Å². The highest BCUT2D eigenvalue weighted by Crippen LogP contribution is 2.33. The predicted molar refractivity (Wildman–Crippen MR) is 120 cm³/mol. The lowest BCUT2D eigenvalue weighted by atomic mass is 10.1. The van der Waals surface area contributed by atoms with Crippen LogP contribution in [0.15, 0.2) is 23.0 Å². The number of ether oxygens (including phenoxy) is 3. The summed E-state index contributed by atoms with van der Waals surface area (Å²) in [6, 6.07) is 5.93. The number of pyridine rings is 1. The molecule has 2 aromatic rings. The van der Waals surface area contributed by atoms with Crippen molar-refractivity contribution in [2.75, 3.05) is 26.4 Å². The van der Waals surface area contributed by atoms with Gasteiger partial charge in [0.05, 0.1) is 18.2 Å². The summed E-state index contributed by atoms with van der Waals surface area (Å²) in [7, 11) is 0. The van der Waals surface area contributed by atoms with E-state index in [2.05, 4.69) is 24.1 Å². The molecule has 0 bridgehead atoms. The highest BCUT2D eigenvalue weighted by atomic mass is 32.1. The standard InChI is InChI=1S/C22H29N3O4S/c1-3-14(2)23-22(30)25(13-17-5-4-6-27-17)12-16-9-15-10-19-20(29-8-7-28-19)11-18(15)24-21(16)26/h9-11,14,17H,3-8,12-13H2,1-2H3,(H,23,30)(H,24,26). The molecular weight excluding hydrogens is 402 g/mol. The maximum atomic E-state index is 12.8. The number of aromatic amines is 1. The average Bonchev–Trinajstić information content (AvgIpc) is 3.25. The highest BCUT2D eigenvalue weighted by Gasteiger charge is 2.23. The number of hydrogen-bond donors (Lipinski definition) is 2. The van der Waals surface area contributed by atoms with E-state index >= 15 is 0 Å². The van der Waals surface area contributed by atoms with Gasteiger partial charge < -0.3 is 29.4 Å². The molecule has 2 aliphatic heterocycles. The minimum atomic E-state index is -0.122. The first-order valence-corrected chi connectivity index (χ1v) is 11.1. The highest BCUT2D eigenvalue weighted by molar-refractivity contribution is 7.80. The molecule has 0 spiro atoms. The molecule has 4 rings (SSSR count). The zero-order chi connectivity index (χ0) is 21.1. The molecule has 0 radical (unpaired) electrons. The molecule has 2 unspecified atom stereocenters. The van der Waals surface area contributed by atoms with Crippen LogP contribution in [-0.4, -0.2) is 53.5 Å². The molecule has 0 saturated carbocycles. The lowest BCUT2D eigenvalue weighted by molar-refractivity contribution is 0.0895. The van der Waals surface area contributed by atoms with Crippen LogP contribution in [0.1, 0.15) is 38.7 Å². The topological polar surface area (TPSA) is 75.8 Å². The van der Waals surface area contributed by atoms with Gasteiger partial charge in [-0.3, -0.25) is 4.79 Å². The van der Waals surface area contributed by atoms with Gasteiger partial charge in [0.1, 0.15) is 13.2 Å². The summed E-state index contributed by atoms with van der Waals surface area (Å²) >= 11 is 5.68. The molecule has 8 heteroatoms. The second-order valence-electron chi connectivity index (χ2n) is 7.98. The summed E-state index contributed by atoms with van der Waals surface area (Å²) in [5, 5.41) is 4.94. The Kier molecular flexibility index (Phi) is 6.43. The molecule has 1 saturated heterocycles. The summed E-state index contributed by atoms with van der Waals surface area (Å²) in [5.41, 5.74) is 1.27. The van der Waals surface area contributed by atoms with Gasteiger partial charge in [0.25, 0.3) is 5.56 Å². The fourth-order valence-electron chi connectivity index (χ4n) is 3.77. The van der Waals surface area contributed by atoms with Gasteiger partial charge in [0, 0.05) is 36.2 Å². The molecule has 1 aromatic heterocycles. The average molecular weight is 432 g/mol. The van der Waals surface area contributed by atoms with Gasteiger partial charge >= 0.3 is 0 Å². The molecule has 1 fully saturated rings. The van der Waals surface area contributed by atoms with Crippen molar-refractivity contribution in [1.82, 2.24) is 15.2 Å². The maximum absolute atomic E-state index is 12.8. The van der Waals surface area contributed by atoms with E-state index < -0.39 is 0 Å². The Labute approximate surface area is 181 Å². The Balaban J connectivity index is 1.61. The molecule has 1 aromatic carbocycles. The normalized spacial score (nSPS) is 18.9. The van der Waals surface area contributed by atoms with Crippen molar-refractivity contribution < 1.29 is 14.2 Å². The molecule has 30 heavy (non-hydrogen) atoms. The van der Waals surface area contributed by atoms with Crippen LogP contribution >= 0.6 is 12.2 Å². The smallest absolute Gasteiger partial charge is 0.253 e. The molecule has 0 aliphatic carbocycles. The van der Waals surface area contributed by atoms with Crippen LogP contribution in [0.3, 0.4) is 0 Å². The van der Waals surface area contributed by atoms with Crippen LogP contribution < -0.4 is 20.3 Å². The van der Waals surface area contributed by atoms with Crippen LogP contribution in [0.25, 0.3) is 10.9 Å². The zero-order valence-corrected chi connectivity index (χ0v) is 18.3. The summed E-state index contributed by atoms with van der Waals surface area (Å²) in [6.07, 6.45) is 3.18. The van der Waals surface area contributed by atoms with Gasteiger partial charge in [-0.15, -0.1) is 0 Å². The minimum Gasteiger partial charge on any atom is -0.486 e. The van der Waals surface area contributed by atoms with Crippen molar-refractivity contribution in [3.8, 4) is 11.5 Å². The first kappa shape index (κ1) is 20.9. The fourth-order valence-corrected chi connectivity index (χ4v) is 4.11. The van der Waals surface area contributed by atoms with E-state index in [-0.39, 0.29) is 17.7 Å². The Morgan fingerprint density at radius 2 is 2.03 bits per heavy atom. The summed E-state index contributed by atoms with van der Waals surface area (Å²) in [4.78, 5) is 17.9. The molecule has 2 atom stereocenters. The van der Waals surface area contributed by atoms with Gasteiger partial charge in [-0.25, -0.2) is 0 Å². The number of hydrogen-bond acceptors (Lipinski definition) is 5. The summed E-state index contributed by atoms with van der Waals surface area (Å²) in [5.74, 6) is 1.37. The number of H-pyrrole nitrogens is 1. The lowest BCUT2D eigenvalue weighted by Gasteiger charge is -2.29. The molecule has 162 valence electrons. The molecule has 2 aliphatic rings. The number of thiocarbonyl (C=S) groups is 1. The third kappa shape index (κ3) is 4.70. The second kappa shape index (κ2) is 9.22. The number of rotatable bonds is 6. The van der Waals surface area contributed by atoms with Crippen molar-refractivity contribution in [3.63, 3.8) is 0 Å². The molecule has 7 nitrogen and oxygen atoms in total. The number of benzene rings is 1. The Morgan fingerprint density at radius 3 is 2.73 bits per heavy atom. The fraction of sp³-hybridized carbons (Fsp3) is 0.545. The van der Waals surface area contributed by atoms with Gasteiger partial charge in [-0.1, -0.05) is 6.92 Å². The molecular formula is C22H29N3O4S. The van der Waals surface area contributed by atoms with E-state index in [1.165, 1.54) is 0 Å². The van der Waals surface area contributed by atoms with E-state index in [4.69, 9.17) is 26.4 Å². The molecule has 0 amide bonds. The van der Waals surface area contributed by atoms with Gasteiger partial charge in [-0.2, -0.15) is 0 Å². The number of nitrogens with zero attached hydrogens (tertiary/aromatic N) is 1. The van der Waals surface area contributed by atoms with Crippen molar-refractivity contribution in [2.45, 2.75) is 51.8 Å². The third-order valence-electron chi connectivity index (χ3n) is 5.66. The lowest BCUT2D eigenvalue weighted by Crippen LogP contribution is -2.46. The Morgan fingerprint density at radius 1 is 1.27 bits per heavy atom. The second-order valence-corrected chi connectivity index (χ2v) is 8.37. The first-order chi connectivity index (χ1) is 14.5. The predicted octanol–water partition coefficient (Wildman–Crippen LogP) is 2.95. The van der Waals surface area contributed by atoms with Crippen LogP contribution in [0.5, 0.6) is 11.5 Å². The van der Waals surface area contributed by atoms with Crippen molar-refractivity contribution >= 4 is 28.2 Å². The molecule has 3 heterocycles. The summed E-state index contributed by atoms with van der Waals surface area (Å²) in [6.45, 7) is 7.13. The SMILES string of the molecule is CCC(C)NC(=S)N(Cc1cc2cc3c(cc2[nH]c1=O)OCCO3)CC1CCCO1. The minimum absolute atomic E-state index is 0.122. The third-order valence-corrected chi connectivity index (χ3v) is 6.04.